The fourth-order valence-electron chi connectivity index (χ4n) is 6.29. The number of hydrogen-bond acceptors (Lipinski definition) is 7. The van der Waals surface area contributed by atoms with E-state index in [-0.39, 0.29) is 24.5 Å². The van der Waals surface area contributed by atoms with E-state index < -0.39 is 31.6 Å². The largest absolute Gasteiger partial charge is 0.396 e. The summed E-state index contributed by atoms with van der Waals surface area (Å²) in [6.07, 6.45) is 3.89. The van der Waals surface area contributed by atoms with Gasteiger partial charge >= 0.3 is 0 Å². The highest BCUT2D eigenvalue weighted by Crippen LogP contribution is 2.59. The third-order valence-electron chi connectivity index (χ3n) is 7.96. The first kappa shape index (κ1) is 26.0. The van der Waals surface area contributed by atoms with E-state index in [2.05, 4.69) is 26.3 Å². The van der Waals surface area contributed by atoms with Crippen LogP contribution < -0.4 is 16.0 Å². The van der Waals surface area contributed by atoms with Crippen molar-refractivity contribution in [3.05, 3.63) is 35.7 Å². The molecule has 5 atom stereocenters. The predicted molar refractivity (Wildman–Crippen MR) is 138 cm³/mol. The van der Waals surface area contributed by atoms with Crippen LogP contribution in [0.1, 0.15) is 37.4 Å². The Morgan fingerprint density at radius 3 is 2.92 bits per heavy atom. The summed E-state index contributed by atoms with van der Waals surface area (Å²) in [6.45, 7) is 6.48. The molecule has 1 spiro atoms. The number of fused-ring (bicyclic) bond motifs is 2. The summed E-state index contributed by atoms with van der Waals surface area (Å²) >= 11 is 0. The molecule has 3 aliphatic rings. The Kier molecular flexibility index (Phi) is 6.94. The standard InChI is InChI=1S/C25H35FN6O4Si/c1-15-22(37(2,3)26)21(8-11-32-14-17(9-12-33)30-31-32)36-25(15)18-13-16(6-7-19(18)29-24(25)35)28-23(34)20-5-4-10-27-20/h6-7,13-15,20-22,27,33H,4-5,8-12H2,1-3H3,(H,28,34)(H,29,35)/t15-,20-,21+,22-,25+/m1/s1. The van der Waals surface area contributed by atoms with E-state index in [1.165, 1.54) is 0 Å². The fourth-order valence-corrected chi connectivity index (χ4v) is 8.83. The number of rotatable bonds is 8. The molecule has 10 nitrogen and oxygen atoms in total. The predicted octanol–water partition coefficient (Wildman–Crippen LogP) is 2.32. The maximum absolute atomic E-state index is 15.8. The highest BCUT2D eigenvalue weighted by atomic mass is 28.4. The van der Waals surface area contributed by atoms with E-state index in [9.17, 15) is 9.59 Å². The SMILES string of the molecule is C[C@@H]1[C@@H]([Si](C)(C)F)[C@H](CCn2cc(CCO)nn2)O[C@@]12C(=O)Nc1ccc(NC(=O)[C@H]3CCCN3)cc12. The number of halogens is 1. The van der Waals surface area contributed by atoms with Gasteiger partial charge in [-0.1, -0.05) is 12.1 Å². The molecule has 0 unspecified atom stereocenters. The molecule has 37 heavy (non-hydrogen) atoms. The zero-order valence-corrected chi connectivity index (χ0v) is 22.5. The number of ether oxygens (including phenoxy) is 1. The second-order valence-electron chi connectivity index (χ2n) is 10.9. The van der Waals surface area contributed by atoms with Crippen LogP contribution in [0, 0.1) is 5.92 Å². The van der Waals surface area contributed by atoms with Crippen LogP contribution in [0.2, 0.25) is 18.6 Å². The number of aliphatic hydroxyl groups is 1. The Bertz CT molecular complexity index is 1180. The number of aryl methyl sites for hydroxylation is 1. The maximum Gasteiger partial charge on any atom is 0.261 e. The van der Waals surface area contributed by atoms with Gasteiger partial charge in [0, 0.05) is 54.2 Å². The van der Waals surface area contributed by atoms with Crippen molar-refractivity contribution in [1.82, 2.24) is 20.3 Å². The lowest BCUT2D eigenvalue weighted by Crippen LogP contribution is -2.42. The Labute approximate surface area is 216 Å². The van der Waals surface area contributed by atoms with Crippen molar-refractivity contribution in [3.8, 4) is 0 Å². The molecule has 200 valence electrons. The molecule has 3 aliphatic heterocycles. The molecule has 0 aliphatic carbocycles. The van der Waals surface area contributed by atoms with Crippen LogP contribution in [0.3, 0.4) is 0 Å². The van der Waals surface area contributed by atoms with Gasteiger partial charge in [0.2, 0.25) is 14.3 Å². The topological polar surface area (TPSA) is 130 Å². The summed E-state index contributed by atoms with van der Waals surface area (Å²) in [6, 6.07) is 5.10. The molecule has 1 aromatic heterocycles. The maximum atomic E-state index is 15.8. The summed E-state index contributed by atoms with van der Waals surface area (Å²) in [5, 5.41) is 26.4. The number of nitrogens with zero attached hydrogens (tertiary/aromatic N) is 3. The molecule has 0 radical (unpaired) electrons. The summed E-state index contributed by atoms with van der Waals surface area (Å²) in [4.78, 5) is 26.2. The van der Waals surface area contributed by atoms with Gasteiger partial charge in [-0.15, -0.1) is 5.10 Å². The van der Waals surface area contributed by atoms with Crippen molar-refractivity contribution in [3.63, 3.8) is 0 Å². The Balaban J connectivity index is 1.42. The molecule has 2 fully saturated rings. The molecule has 1 aromatic carbocycles. The lowest BCUT2D eigenvalue weighted by atomic mass is 9.82. The van der Waals surface area contributed by atoms with Gasteiger partial charge in [0.15, 0.2) is 5.60 Å². The van der Waals surface area contributed by atoms with Crippen LogP contribution in [0.15, 0.2) is 24.4 Å². The van der Waals surface area contributed by atoms with Gasteiger partial charge in [0.25, 0.3) is 5.91 Å². The molecule has 4 N–H and O–H groups in total. The van der Waals surface area contributed by atoms with Crippen molar-refractivity contribution < 1.29 is 23.5 Å². The minimum absolute atomic E-state index is 0.0116. The lowest BCUT2D eigenvalue weighted by Gasteiger charge is -2.30. The number of anilines is 2. The van der Waals surface area contributed by atoms with Crippen LogP contribution in [-0.4, -0.2) is 65.6 Å². The van der Waals surface area contributed by atoms with Crippen LogP contribution in [0.5, 0.6) is 0 Å². The van der Waals surface area contributed by atoms with Crippen molar-refractivity contribution in [2.75, 3.05) is 23.8 Å². The number of aliphatic hydroxyl groups excluding tert-OH is 1. The second-order valence-corrected chi connectivity index (χ2v) is 14.7. The first-order valence-electron chi connectivity index (χ1n) is 13.0. The molecule has 0 bridgehead atoms. The van der Waals surface area contributed by atoms with Crippen LogP contribution in [0.25, 0.3) is 0 Å². The lowest BCUT2D eigenvalue weighted by molar-refractivity contribution is -0.143. The molecular weight excluding hydrogens is 495 g/mol. The molecular formula is C25H35FN6O4Si. The van der Waals surface area contributed by atoms with Gasteiger partial charge in [0.1, 0.15) is 0 Å². The third kappa shape index (κ3) is 4.71. The number of nitrogens with one attached hydrogen (secondary N) is 3. The normalized spacial score (nSPS) is 29.1. The van der Waals surface area contributed by atoms with E-state index in [0.29, 0.717) is 42.0 Å². The number of benzene rings is 1. The van der Waals surface area contributed by atoms with Gasteiger partial charge in [0.05, 0.1) is 17.8 Å². The van der Waals surface area contributed by atoms with Gasteiger partial charge in [-0.2, -0.15) is 0 Å². The zero-order chi connectivity index (χ0) is 26.4. The average molecular weight is 531 g/mol. The molecule has 2 amide bonds. The fraction of sp³-hybridized carbons (Fsp3) is 0.600. The monoisotopic (exact) mass is 530 g/mol. The first-order chi connectivity index (χ1) is 17.6. The summed E-state index contributed by atoms with van der Waals surface area (Å²) < 4.78 is 24.0. The van der Waals surface area contributed by atoms with Crippen molar-refractivity contribution >= 4 is 31.6 Å². The quantitative estimate of drug-likeness (QED) is 0.304. The summed E-state index contributed by atoms with van der Waals surface area (Å²) in [5.41, 5.74) is 0.765. The van der Waals surface area contributed by atoms with E-state index in [4.69, 9.17) is 9.84 Å². The smallest absolute Gasteiger partial charge is 0.261 e. The van der Waals surface area contributed by atoms with Gasteiger partial charge < -0.3 is 29.9 Å². The number of aromatic nitrogens is 3. The average Bonchev–Trinajstić information content (AvgIpc) is 3.61. The highest BCUT2D eigenvalue weighted by molar-refractivity contribution is 6.72. The zero-order valence-electron chi connectivity index (χ0n) is 21.5. The highest BCUT2D eigenvalue weighted by Gasteiger charge is 2.65. The molecule has 12 heteroatoms. The summed E-state index contributed by atoms with van der Waals surface area (Å²) in [7, 11) is -3.26. The molecule has 0 saturated carbocycles. The van der Waals surface area contributed by atoms with E-state index in [1.807, 2.05) is 6.92 Å². The van der Waals surface area contributed by atoms with Crippen molar-refractivity contribution in [2.45, 2.75) is 75.5 Å². The third-order valence-corrected chi connectivity index (χ3v) is 10.4. The van der Waals surface area contributed by atoms with Gasteiger partial charge in [-0.25, -0.2) is 0 Å². The van der Waals surface area contributed by atoms with E-state index in [0.717, 1.165) is 19.4 Å². The minimum Gasteiger partial charge on any atom is -0.396 e. The Hall–Kier alpha value is -2.67. The van der Waals surface area contributed by atoms with Crippen molar-refractivity contribution in [2.24, 2.45) is 5.92 Å². The molecule has 4 heterocycles. The second kappa shape index (κ2) is 9.90. The van der Waals surface area contributed by atoms with Crippen molar-refractivity contribution in [1.29, 1.82) is 0 Å². The van der Waals surface area contributed by atoms with Crippen LogP contribution in [0.4, 0.5) is 15.5 Å². The molecule has 2 aromatic rings. The van der Waals surface area contributed by atoms with Gasteiger partial charge in [-0.3, -0.25) is 14.3 Å². The summed E-state index contributed by atoms with van der Waals surface area (Å²) in [5.74, 6) is -0.813. The first-order valence-corrected chi connectivity index (χ1v) is 16.0. The number of carbonyl (C=O) groups excluding carboxylic acids is 2. The van der Waals surface area contributed by atoms with E-state index >= 15 is 4.11 Å². The van der Waals surface area contributed by atoms with E-state index in [1.54, 1.807) is 42.2 Å². The number of amides is 2. The molecule has 5 rings (SSSR count). The number of hydrogen-bond donors (Lipinski definition) is 4. The van der Waals surface area contributed by atoms with Crippen LogP contribution >= 0.6 is 0 Å². The van der Waals surface area contributed by atoms with Gasteiger partial charge in [-0.05, 0) is 57.1 Å². The molecule has 2 saturated heterocycles. The Morgan fingerprint density at radius 2 is 2.22 bits per heavy atom. The Morgan fingerprint density at radius 1 is 1.41 bits per heavy atom. The van der Waals surface area contributed by atoms with Crippen LogP contribution in [-0.2, 0) is 32.9 Å². The number of carbonyl (C=O) groups is 2. The minimum atomic E-state index is -3.26.